The number of aromatic nitrogens is 1. The number of pyridine rings is 1. The fourth-order valence-electron chi connectivity index (χ4n) is 2.53. The van der Waals surface area contributed by atoms with Gasteiger partial charge in [-0.3, -0.25) is 9.59 Å². The summed E-state index contributed by atoms with van der Waals surface area (Å²) in [4.78, 5) is 27.1. The quantitative estimate of drug-likeness (QED) is 0.660. The first kappa shape index (κ1) is 17.6. The molecule has 1 unspecified atom stereocenters. The second-order valence-corrected chi connectivity index (χ2v) is 5.76. The van der Waals surface area contributed by atoms with E-state index in [2.05, 4.69) is 10.3 Å². The van der Waals surface area contributed by atoms with Crippen molar-refractivity contribution in [3.63, 3.8) is 0 Å². The number of aromatic amines is 1. The predicted octanol–water partition coefficient (Wildman–Crippen LogP) is 2.64. The molecular weight excluding hydrogens is 335 g/mol. The molecule has 0 saturated carbocycles. The third kappa shape index (κ3) is 4.04. The minimum Gasteiger partial charge on any atom is -0.387 e. The number of aliphatic hydroxyl groups excluding tert-OH is 1. The molecule has 0 radical (unpaired) electrons. The summed E-state index contributed by atoms with van der Waals surface area (Å²) >= 11 is 0. The largest absolute Gasteiger partial charge is 0.387 e. The summed E-state index contributed by atoms with van der Waals surface area (Å²) in [5.41, 5.74) is 1.36. The highest BCUT2D eigenvalue weighted by atomic mass is 19.1. The third-order valence-electron chi connectivity index (χ3n) is 3.95. The molecule has 3 aromatic rings. The van der Waals surface area contributed by atoms with Crippen molar-refractivity contribution in [3.8, 4) is 11.3 Å². The SMILES string of the molecule is O=C(NCC(O)c1ccc(F)cc1)c1ccc(-c2ccccc2)[nH]c1=O. The maximum absolute atomic E-state index is 12.9. The third-order valence-corrected chi connectivity index (χ3v) is 3.95. The summed E-state index contributed by atoms with van der Waals surface area (Å²) in [6.45, 7) is -0.0929. The molecule has 26 heavy (non-hydrogen) atoms. The van der Waals surface area contributed by atoms with Gasteiger partial charge in [0.1, 0.15) is 11.4 Å². The average Bonchev–Trinajstić information content (AvgIpc) is 2.67. The highest BCUT2D eigenvalue weighted by molar-refractivity contribution is 5.94. The smallest absolute Gasteiger partial charge is 0.261 e. The van der Waals surface area contributed by atoms with E-state index >= 15 is 0 Å². The molecule has 2 aromatic carbocycles. The Morgan fingerprint density at radius 1 is 1.04 bits per heavy atom. The standard InChI is InChI=1S/C20H17FN2O3/c21-15-8-6-14(7-9-15)18(24)12-22-19(25)16-10-11-17(23-20(16)26)13-4-2-1-3-5-13/h1-11,18,24H,12H2,(H,22,25)(H,23,26). The lowest BCUT2D eigenvalue weighted by Crippen LogP contribution is -2.32. The number of aliphatic hydroxyl groups is 1. The molecule has 0 aliphatic rings. The van der Waals surface area contributed by atoms with E-state index in [1.165, 1.54) is 30.3 Å². The molecule has 1 aromatic heterocycles. The van der Waals surface area contributed by atoms with Crippen molar-refractivity contribution in [3.05, 3.63) is 94.0 Å². The van der Waals surface area contributed by atoms with Crippen molar-refractivity contribution in [2.45, 2.75) is 6.10 Å². The number of amides is 1. The molecular formula is C20H17FN2O3. The van der Waals surface area contributed by atoms with Gasteiger partial charge in [0.15, 0.2) is 0 Å². The van der Waals surface area contributed by atoms with Crippen LogP contribution in [0.4, 0.5) is 4.39 Å². The number of benzene rings is 2. The molecule has 6 heteroatoms. The number of halogens is 1. The van der Waals surface area contributed by atoms with E-state index < -0.39 is 23.4 Å². The van der Waals surface area contributed by atoms with Gasteiger partial charge >= 0.3 is 0 Å². The van der Waals surface area contributed by atoms with Crippen molar-refractivity contribution < 1.29 is 14.3 Å². The Hall–Kier alpha value is -3.25. The van der Waals surface area contributed by atoms with Crippen molar-refractivity contribution in [2.24, 2.45) is 0 Å². The topological polar surface area (TPSA) is 82.2 Å². The molecule has 1 heterocycles. The van der Waals surface area contributed by atoms with E-state index in [0.717, 1.165) is 5.56 Å². The van der Waals surface area contributed by atoms with Crippen LogP contribution in [0.3, 0.4) is 0 Å². The monoisotopic (exact) mass is 352 g/mol. The van der Waals surface area contributed by atoms with Gasteiger partial charge in [0, 0.05) is 12.2 Å². The van der Waals surface area contributed by atoms with Crippen LogP contribution >= 0.6 is 0 Å². The lowest BCUT2D eigenvalue weighted by atomic mass is 10.1. The summed E-state index contributed by atoms with van der Waals surface area (Å²) < 4.78 is 12.9. The van der Waals surface area contributed by atoms with Crippen LogP contribution in [-0.4, -0.2) is 22.5 Å². The van der Waals surface area contributed by atoms with E-state index in [1.807, 2.05) is 30.3 Å². The number of carbonyl (C=O) groups excluding carboxylic acids is 1. The van der Waals surface area contributed by atoms with Crippen LogP contribution in [0.2, 0.25) is 0 Å². The average molecular weight is 352 g/mol. The molecule has 0 aliphatic carbocycles. The Kier molecular flexibility index (Phi) is 5.24. The van der Waals surface area contributed by atoms with Crippen LogP contribution in [0.5, 0.6) is 0 Å². The van der Waals surface area contributed by atoms with Gasteiger partial charge < -0.3 is 15.4 Å². The summed E-state index contributed by atoms with van der Waals surface area (Å²) in [7, 11) is 0. The van der Waals surface area contributed by atoms with E-state index in [1.54, 1.807) is 6.07 Å². The molecule has 132 valence electrons. The summed E-state index contributed by atoms with van der Waals surface area (Å²) in [5, 5.41) is 12.6. The Bertz CT molecular complexity index is 953. The van der Waals surface area contributed by atoms with Gasteiger partial charge in [-0.25, -0.2) is 4.39 Å². The Morgan fingerprint density at radius 3 is 2.38 bits per heavy atom. The van der Waals surface area contributed by atoms with Gasteiger partial charge in [-0.2, -0.15) is 0 Å². The molecule has 0 saturated heterocycles. The maximum Gasteiger partial charge on any atom is 0.261 e. The predicted molar refractivity (Wildman–Crippen MR) is 96.2 cm³/mol. The van der Waals surface area contributed by atoms with Crippen molar-refractivity contribution in [1.29, 1.82) is 0 Å². The van der Waals surface area contributed by atoms with Gasteiger partial charge in [-0.05, 0) is 35.4 Å². The first-order valence-electron chi connectivity index (χ1n) is 8.05. The van der Waals surface area contributed by atoms with Gasteiger partial charge in [0.25, 0.3) is 11.5 Å². The number of nitrogens with one attached hydrogen (secondary N) is 2. The van der Waals surface area contributed by atoms with E-state index in [4.69, 9.17) is 0 Å². The lowest BCUT2D eigenvalue weighted by Gasteiger charge is -2.12. The molecule has 3 N–H and O–H groups in total. The molecule has 5 nitrogen and oxygen atoms in total. The fourth-order valence-corrected chi connectivity index (χ4v) is 2.53. The Morgan fingerprint density at radius 2 is 1.73 bits per heavy atom. The van der Waals surface area contributed by atoms with Crippen LogP contribution in [-0.2, 0) is 0 Å². The highest BCUT2D eigenvalue weighted by Crippen LogP contribution is 2.15. The zero-order valence-electron chi connectivity index (χ0n) is 13.8. The molecule has 3 rings (SSSR count). The van der Waals surface area contributed by atoms with Crippen molar-refractivity contribution in [1.82, 2.24) is 10.3 Å². The molecule has 0 spiro atoms. The molecule has 0 bridgehead atoms. The molecule has 1 atom stereocenters. The van der Waals surface area contributed by atoms with Crippen LogP contribution < -0.4 is 10.9 Å². The minimum absolute atomic E-state index is 0.0454. The van der Waals surface area contributed by atoms with Crippen molar-refractivity contribution in [2.75, 3.05) is 6.54 Å². The van der Waals surface area contributed by atoms with Crippen LogP contribution in [0, 0.1) is 5.82 Å². The fraction of sp³-hybridized carbons (Fsp3) is 0.100. The van der Waals surface area contributed by atoms with E-state index in [9.17, 15) is 19.1 Å². The Balaban J connectivity index is 1.68. The minimum atomic E-state index is -0.998. The molecule has 0 fully saturated rings. The number of carbonyl (C=O) groups is 1. The summed E-state index contributed by atoms with van der Waals surface area (Å²) in [6.07, 6.45) is -0.998. The zero-order valence-corrected chi connectivity index (χ0v) is 13.8. The first-order chi connectivity index (χ1) is 12.5. The van der Waals surface area contributed by atoms with E-state index in [-0.39, 0.29) is 12.1 Å². The van der Waals surface area contributed by atoms with E-state index in [0.29, 0.717) is 11.3 Å². The number of H-pyrrole nitrogens is 1. The number of rotatable bonds is 5. The zero-order chi connectivity index (χ0) is 18.5. The second-order valence-electron chi connectivity index (χ2n) is 5.76. The van der Waals surface area contributed by atoms with Gasteiger partial charge in [-0.15, -0.1) is 0 Å². The van der Waals surface area contributed by atoms with Crippen LogP contribution in [0.15, 0.2) is 71.5 Å². The van der Waals surface area contributed by atoms with Crippen LogP contribution in [0.1, 0.15) is 22.0 Å². The summed E-state index contributed by atoms with van der Waals surface area (Å²) in [6, 6.07) is 17.7. The van der Waals surface area contributed by atoms with Gasteiger partial charge in [-0.1, -0.05) is 42.5 Å². The second kappa shape index (κ2) is 7.76. The van der Waals surface area contributed by atoms with Crippen molar-refractivity contribution >= 4 is 5.91 Å². The highest BCUT2D eigenvalue weighted by Gasteiger charge is 2.14. The summed E-state index contributed by atoms with van der Waals surface area (Å²) in [5.74, 6) is -0.998. The normalized spacial score (nSPS) is 11.8. The van der Waals surface area contributed by atoms with Crippen LogP contribution in [0.25, 0.3) is 11.3 Å². The Labute approximate surface area is 149 Å². The first-order valence-corrected chi connectivity index (χ1v) is 8.05. The molecule has 0 aliphatic heterocycles. The molecule has 1 amide bonds. The van der Waals surface area contributed by atoms with Gasteiger partial charge in [0.05, 0.1) is 6.10 Å². The van der Waals surface area contributed by atoms with Gasteiger partial charge in [0.2, 0.25) is 0 Å². The number of hydrogen-bond donors (Lipinski definition) is 3. The maximum atomic E-state index is 12.9. The number of hydrogen-bond acceptors (Lipinski definition) is 3. The lowest BCUT2D eigenvalue weighted by molar-refractivity contribution is 0.0914.